The van der Waals surface area contributed by atoms with Gasteiger partial charge in [0.05, 0.1) is 6.61 Å². The van der Waals surface area contributed by atoms with Crippen molar-refractivity contribution in [3.8, 4) is 11.5 Å². The number of benzene rings is 1. The lowest BCUT2D eigenvalue weighted by Crippen LogP contribution is -2.02. The minimum absolute atomic E-state index is 0.180. The first-order valence-electron chi connectivity index (χ1n) is 9.00. The zero-order valence-electron chi connectivity index (χ0n) is 14.7. The summed E-state index contributed by atoms with van der Waals surface area (Å²) in [4.78, 5) is 11.6. The zero-order valence-corrected chi connectivity index (χ0v) is 14.7. The van der Waals surface area contributed by atoms with Crippen LogP contribution in [0.1, 0.15) is 70.3 Å². The fourth-order valence-corrected chi connectivity index (χ4v) is 2.44. The molecule has 2 N–H and O–H groups in total. The second-order valence-corrected chi connectivity index (χ2v) is 6.08. The smallest absolute Gasteiger partial charge is 0.330 e. The molecule has 24 heavy (non-hydrogen) atoms. The van der Waals surface area contributed by atoms with Gasteiger partial charge >= 0.3 is 5.97 Å². The highest BCUT2D eigenvalue weighted by Gasteiger charge is 2.00. The van der Waals surface area contributed by atoms with Crippen LogP contribution in [-0.2, 0) is 9.53 Å². The molecule has 1 aromatic carbocycles. The second kappa shape index (κ2) is 12.5. The van der Waals surface area contributed by atoms with Crippen molar-refractivity contribution < 1.29 is 19.7 Å². The summed E-state index contributed by atoms with van der Waals surface area (Å²) in [5.41, 5.74) is 0.630. The van der Waals surface area contributed by atoms with Gasteiger partial charge in [0, 0.05) is 6.08 Å². The first-order chi connectivity index (χ1) is 11.6. The Bertz CT molecular complexity index is 508. The van der Waals surface area contributed by atoms with E-state index in [-0.39, 0.29) is 17.5 Å². The summed E-state index contributed by atoms with van der Waals surface area (Å²) >= 11 is 0. The van der Waals surface area contributed by atoms with E-state index in [4.69, 9.17) is 4.74 Å². The van der Waals surface area contributed by atoms with Gasteiger partial charge in [0.2, 0.25) is 0 Å². The Morgan fingerprint density at radius 2 is 1.58 bits per heavy atom. The van der Waals surface area contributed by atoms with Gasteiger partial charge in [-0.25, -0.2) is 4.79 Å². The van der Waals surface area contributed by atoms with Crippen LogP contribution >= 0.6 is 0 Å². The Hall–Kier alpha value is -1.97. The van der Waals surface area contributed by atoms with Crippen molar-refractivity contribution in [1.29, 1.82) is 0 Å². The number of hydrogen-bond donors (Lipinski definition) is 2. The summed E-state index contributed by atoms with van der Waals surface area (Å²) in [5.74, 6) is -0.776. The molecule has 134 valence electrons. The van der Waals surface area contributed by atoms with Gasteiger partial charge in [0.15, 0.2) is 11.5 Å². The van der Waals surface area contributed by atoms with Gasteiger partial charge in [-0.05, 0) is 30.2 Å². The lowest BCUT2D eigenvalue weighted by atomic mass is 10.1. The molecule has 4 nitrogen and oxygen atoms in total. The molecule has 0 aromatic heterocycles. The van der Waals surface area contributed by atoms with E-state index < -0.39 is 0 Å². The summed E-state index contributed by atoms with van der Waals surface area (Å²) in [6.45, 7) is 2.67. The van der Waals surface area contributed by atoms with E-state index in [1.165, 1.54) is 63.2 Å². The summed E-state index contributed by atoms with van der Waals surface area (Å²) < 4.78 is 5.14. The van der Waals surface area contributed by atoms with Gasteiger partial charge in [-0.3, -0.25) is 0 Å². The predicted octanol–water partition coefficient (Wildman–Crippen LogP) is 5.19. The minimum Gasteiger partial charge on any atom is -0.504 e. The van der Waals surface area contributed by atoms with Crippen molar-refractivity contribution in [2.24, 2.45) is 0 Å². The standard InChI is InChI=1S/C20H30O4/c1-2-3-4-5-6-7-8-9-10-15-24-20(23)14-12-17-11-13-18(21)19(22)16-17/h11-14,16,21-22H,2-10,15H2,1H3/b14-12+. The Kier molecular flexibility index (Phi) is 10.4. The van der Waals surface area contributed by atoms with Crippen LogP contribution in [0.15, 0.2) is 24.3 Å². The lowest BCUT2D eigenvalue weighted by Gasteiger charge is -2.03. The number of rotatable bonds is 12. The van der Waals surface area contributed by atoms with Crippen molar-refractivity contribution in [2.75, 3.05) is 6.61 Å². The number of phenolic OH excluding ortho intramolecular Hbond substituents is 2. The van der Waals surface area contributed by atoms with Crippen LogP contribution in [0.5, 0.6) is 11.5 Å². The molecule has 0 aliphatic carbocycles. The molecular weight excluding hydrogens is 304 g/mol. The first kappa shape index (κ1) is 20.1. The summed E-state index contributed by atoms with van der Waals surface area (Å²) in [7, 11) is 0. The number of carbonyl (C=O) groups excluding carboxylic acids is 1. The summed E-state index contributed by atoms with van der Waals surface area (Å²) in [5, 5.41) is 18.6. The van der Waals surface area contributed by atoms with Crippen LogP contribution in [0.4, 0.5) is 0 Å². The van der Waals surface area contributed by atoms with E-state index in [2.05, 4.69) is 6.92 Å². The van der Waals surface area contributed by atoms with E-state index in [1.807, 2.05) is 0 Å². The maximum atomic E-state index is 11.6. The number of phenols is 2. The molecule has 0 aliphatic rings. The van der Waals surface area contributed by atoms with Crippen LogP contribution < -0.4 is 0 Å². The maximum Gasteiger partial charge on any atom is 0.330 e. The number of unbranched alkanes of at least 4 members (excludes halogenated alkanes) is 8. The minimum atomic E-state index is -0.387. The molecular formula is C20H30O4. The van der Waals surface area contributed by atoms with E-state index in [9.17, 15) is 15.0 Å². The molecule has 1 rings (SSSR count). The van der Waals surface area contributed by atoms with E-state index in [1.54, 1.807) is 12.1 Å². The average molecular weight is 334 g/mol. The van der Waals surface area contributed by atoms with Crippen LogP contribution in [0.3, 0.4) is 0 Å². The maximum absolute atomic E-state index is 11.6. The SMILES string of the molecule is CCCCCCCCCCCOC(=O)/C=C/c1ccc(O)c(O)c1. The molecule has 0 aliphatic heterocycles. The Morgan fingerprint density at radius 1 is 0.958 bits per heavy atom. The van der Waals surface area contributed by atoms with Gasteiger partial charge in [0.25, 0.3) is 0 Å². The molecule has 4 heteroatoms. The van der Waals surface area contributed by atoms with Crippen LogP contribution in [-0.4, -0.2) is 22.8 Å². The van der Waals surface area contributed by atoms with Crippen LogP contribution in [0.2, 0.25) is 0 Å². The largest absolute Gasteiger partial charge is 0.504 e. The van der Waals surface area contributed by atoms with Crippen molar-refractivity contribution >= 4 is 12.0 Å². The highest BCUT2D eigenvalue weighted by Crippen LogP contribution is 2.25. The van der Waals surface area contributed by atoms with Gasteiger partial charge in [-0.2, -0.15) is 0 Å². The number of ether oxygens (including phenoxy) is 1. The molecule has 0 heterocycles. The molecule has 0 saturated heterocycles. The van der Waals surface area contributed by atoms with Gasteiger partial charge < -0.3 is 14.9 Å². The molecule has 0 amide bonds. The molecule has 0 radical (unpaired) electrons. The van der Waals surface area contributed by atoms with Gasteiger partial charge in [-0.1, -0.05) is 64.4 Å². The Labute approximate surface area is 145 Å². The molecule has 0 bridgehead atoms. The van der Waals surface area contributed by atoms with Crippen LogP contribution in [0.25, 0.3) is 6.08 Å². The third-order valence-corrected chi connectivity index (χ3v) is 3.90. The van der Waals surface area contributed by atoms with Gasteiger partial charge in [0.1, 0.15) is 0 Å². The van der Waals surface area contributed by atoms with Crippen molar-refractivity contribution in [3.63, 3.8) is 0 Å². The number of esters is 1. The fourth-order valence-electron chi connectivity index (χ4n) is 2.44. The molecule has 0 atom stereocenters. The Balaban J connectivity index is 2.05. The van der Waals surface area contributed by atoms with Crippen molar-refractivity contribution in [1.82, 2.24) is 0 Å². The van der Waals surface area contributed by atoms with Crippen molar-refractivity contribution in [3.05, 3.63) is 29.8 Å². The average Bonchev–Trinajstić information content (AvgIpc) is 2.57. The number of hydrogen-bond acceptors (Lipinski definition) is 4. The highest BCUT2D eigenvalue weighted by atomic mass is 16.5. The lowest BCUT2D eigenvalue weighted by molar-refractivity contribution is -0.137. The Morgan fingerprint density at radius 3 is 2.21 bits per heavy atom. The van der Waals surface area contributed by atoms with Crippen molar-refractivity contribution in [2.45, 2.75) is 64.7 Å². The van der Waals surface area contributed by atoms with E-state index >= 15 is 0 Å². The summed E-state index contributed by atoms with van der Waals surface area (Å²) in [6, 6.07) is 4.38. The highest BCUT2D eigenvalue weighted by molar-refractivity contribution is 5.87. The number of carbonyl (C=O) groups is 1. The topological polar surface area (TPSA) is 66.8 Å². The van der Waals surface area contributed by atoms with Crippen LogP contribution in [0, 0.1) is 0 Å². The molecule has 0 unspecified atom stereocenters. The molecule has 0 fully saturated rings. The first-order valence-corrected chi connectivity index (χ1v) is 9.00. The van der Waals surface area contributed by atoms with E-state index in [0.29, 0.717) is 12.2 Å². The number of aromatic hydroxyl groups is 2. The zero-order chi connectivity index (χ0) is 17.6. The summed E-state index contributed by atoms with van der Waals surface area (Å²) in [6.07, 6.45) is 14.0. The predicted molar refractivity (Wildman–Crippen MR) is 97.0 cm³/mol. The monoisotopic (exact) mass is 334 g/mol. The second-order valence-electron chi connectivity index (χ2n) is 6.08. The fraction of sp³-hybridized carbons (Fsp3) is 0.550. The molecule has 1 aromatic rings. The molecule has 0 saturated carbocycles. The van der Waals surface area contributed by atoms with E-state index in [0.717, 1.165) is 12.8 Å². The third-order valence-electron chi connectivity index (χ3n) is 3.90. The van der Waals surface area contributed by atoms with Gasteiger partial charge in [-0.15, -0.1) is 0 Å². The third kappa shape index (κ3) is 9.23. The normalized spacial score (nSPS) is 11.0. The quantitative estimate of drug-likeness (QED) is 0.239. The molecule has 0 spiro atoms.